The maximum Gasteiger partial charge on any atom is 0.416 e. The number of halogens is 4. The Morgan fingerprint density at radius 2 is 1.68 bits per heavy atom. The summed E-state index contributed by atoms with van der Waals surface area (Å²) in [4.78, 5) is 0. The van der Waals surface area contributed by atoms with E-state index in [0.29, 0.717) is 0 Å². The Bertz CT molecular complexity index is 590. The van der Waals surface area contributed by atoms with Gasteiger partial charge in [-0.25, -0.2) is 4.39 Å². The summed E-state index contributed by atoms with van der Waals surface area (Å²) in [5.74, 6) is -0.681. The molecule has 0 atom stereocenters. The van der Waals surface area contributed by atoms with E-state index in [0.717, 1.165) is 12.1 Å². The molecule has 0 aliphatic heterocycles. The van der Waals surface area contributed by atoms with Crippen molar-refractivity contribution in [3.05, 3.63) is 53.8 Å². The fourth-order valence-electron chi connectivity index (χ4n) is 1.75. The van der Waals surface area contributed by atoms with Crippen LogP contribution in [0.4, 0.5) is 17.6 Å². The van der Waals surface area contributed by atoms with Crippen LogP contribution in [0, 0.1) is 5.82 Å². The molecule has 5 heteroatoms. The molecule has 0 radical (unpaired) electrons. The van der Waals surface area contributed by atoms with Crippen molar-refractivity contribution >= 4 is 0 Å². The van der Waals surface area contributed by atoms with E-state index in [9.17, 15) is 17.6 Å². The van der Waals surface area contributed by atoms with Gasteiger partial charge in [0.05, 0.1) is 12.7 Å². The van der Waals surface area contributed by atoms with Crippen molar-refractivity contribution in [2.24, 2.45) is 0 Å². The number of rotatable bonds is 2. The van der Waals surface area contributed by atoms with E-state index < -0.39 is 17.6 Å². The second-order valence-electron chi connectivity index (χ2n) is 3.90. The van der Waals surface area contributed by atoms with Crippen molar-refractivity contribution in [1.82, 2.24) is 0 Å². The maximum atomic E-state index is 14.0. The van der Waals surface area contributed by atoms with Gasteiger partial charge in [-0.05, 0) is 23.8 Å². The molecule has 0 unspecified atom stereocenters. The number of methoxy groups -OCH3 is 1. The molecule has 2 rings (SSSR count). The van der Waals surface area contributed by atoms with Gasteiger partial charge in [0.1, 0.15) is 0 Å². The van der Waals surface area contributed by atoms with Crippen LogP contribution in [0.3, 0.4) is 0 Å². The molecule has 19 heavy (non-hydrogen) atoms. The minimum Gasteiger partial charge on any atom is -0.494 e. The lowest BCUT2D eigenvalue weighted by Gasteiger charge is -2.10. The third-order valence-electron chi connectivity index (χ3n) is 2.68. The van der Waals surface area contributed by atoms with Gasteiger partial charge >= 0.3 is 6.18 Å². The zero-order valence-electron chi connectivity index (χ0n) is 9.96. The highest BCUT2D eigenvalue weighted by atomic mass is 19.4. The molecular weight excluding hydrogens is 260 g/mol. The molecule has 1 nitrogen and oxygen atoms in total. The molecule has 0 aliphatic rings. The van der Waals surface area contributed by atoms with Crippen LogP contribution in [0.15, 0.2) is 42.5 Å². The Hall–Kier alpha value is -2.04. The maximum absolute atomic E-state index is 14.0. The Kier molecular flexibility index (Phi) is 3.46. The monoisotopic (exact) mass is 270 g/mol. The van der Waals surface area contributed by atoms with Crippen LogP contribution in [0.1, 0.15) is 5.56 Å². The molecule has 0 aliphatic carbocycles. The fraction of sp³-hybridized carbons (Fsp3) is 0.143. The summed E-state index contributed by atoms with van der Waals surface area (Å²) in [5.41, 5.74) is -0.580. The first kappa shape index (κ1) is 13.4. The third-order valence-corrected chi connectivity index (χ3v) is 2.68. The molecule has 0 N–H and O–H groups in total. The first-order valence-corrected chi connectivity index (χ1v) is 5.43. The number of hydrogen-bond donors (Lipinski definition) is 0. The van der Waals surface area contributed by atoms with Gasteiger partial charge in [0.25, 0.3) is 0 Å². The van der Waals surface area contributed by atoms with Crippen molar-refractivity contribution in [2.45, 2.75) is 6.18 Å². The van der Waals surface area contributed by atoms with Crippen molar-refractivity contribution in [1.29, 1.82) is 0 Å². The van der Waals surface area contributed by atoms with Crippen LogP contribution in [0.2, 0.25) is 0 Å². The number of hydrogen-bond acceptors (Lipinski definition) is 1. The van der Waals surface area contributed by atoms with Gasteiger partial charge in [-0.1, -0.05) is 24.3 Å². The van der Waals surface area contributed by atoms with Gasteiger partial charge in [-0.2, -0.15) is 13.2 Å². The topological polar surface area (TPSA) is 9.23 Å². The Morgan fingerprint density at radius 1 is 1.00 bits per heavy atom. The van der Waals surface area contributed by atoms with E-state index in [1.807, 2.05) is 0 Å². The number of benzene rings is 2. The third kappa shape index (κ3) is 2.70. The Balaban J connectivity index is 2.54. The molecule has 2 aromatic rings. The predicted molar refractivity (Wildman–Crippen MR) is 63.4 cm³/mol. The molecule has 0 saturated carbocycles. The van der Waals surface area contributed by atoms with Crippen LogP contribution >= 0.6 is 0 Å². The molecule has 0 aromatic heterocycles. The molecule has 0 heterocycles. The number of alkyl halides is 3. The quantitative estimate of drug-likeness (QED) is 0.729. The molecule has 0 amide bonds. The van der Waals surface area contributed by atoms with Crippen molar-refractivity contribution in [3.63, 3.8) is 0 Å². The van der Waals surface area contributed by atoms with Crippen LogP contribution < -0.4 is 4.74 Å². The van der Waals surface area contributed by atoms with Crippen LogP contribution in [-0.2, 0) is 6.18 Å². The van der Waals surface area contributed by atoms with Crippen molar-refractivity contribution in [3.8, 4) is 16.9 Å². The SMILES string of the molecule is COc1cccc(-c2cccc(C(F)(F)F)c2)c1F. The van der Waals surface area contributed by atoms with E-state index in [2.05, 4.69) is 0 Å². The standard InChI is InChI=1S/C14H10F4O/c1-19-12-7-3-6-11(13(12)15)9-4-2-5-10(8-9)14(16,17)18/h2-8H,1H3. The highest BCUT2D eigenvalue weighted by molar-refractivity contribution is 5.66. The van der Waals surface area contributed by atoms with Gasteiger partial charge in [0, 0.05) is 5.56 Å². The lowest BCUT2D eigenvalue weighted by atomic mass is 10.0. The summed E-state index contributed by atoms with van der Waals surface area (Å²) in [6.07, 6.45) is -4.45. The second-order valence-corrected chi connectivity index (χ2v) is 3.90. The first-order chi connectivity index (χ1) is 8.93. The fourth-order valence-corrected chi connectivity index (χ4v) is 1.75. The highest BCUT2D eigenvalue weighted by Gasteiger charge is 2.30. The van der Waals surface area contributed by atoms with Crippen LogP contribution in [-0.4, -0.2) is 7.11 Å². The average molecular weight is 270 g/mol. The second kappa shape index (κ2) is 4.91. The molecule has 0 fully saturated rings. The molecular formula is C14H10F4O. The Morgan fingerprint density at radius 3 is 2.32 bits per heavy atom. The zero-order valence-corrected chi connectivity index (χ0v) is 9.96. The molecule has 100 valence electrons. The van der Waals surface area contributed by atoms with E-state index in [4.69, 9.17) is 4.74 Å². The minimum atomic E-state index is -4.45. The summed E-state index contributed by atoms with van der Waals surface area (Å²) in [5, 5.41) is 0. The van der Waals surface area contributed by atoms with Gasteiger partial charge in [0.2, 0.25) is 0 Å². The van der Waals surface area contributed by atoms with E-state index in [1.165, 1.54) is 37.4 Å². The Labute approximate surface area is 107 Å². The predicted octanol–water partition coefficient (Wildman–Crippen LogP) is 4.52. The van der Waals surface area contributed by atoms with Gasteiger partial charge in [-0.15, -0.1) is 0 Å². The van der Waals surface area contributed by atoms with E-state index in [1.54, 1.807) is 0 Å². The van der Waals surface area contributed by atoms with Gasteiger partial charge < -0.3 is 4.74 Å². The summed E-state index contributed by atoms with van der Waals surface area (Å²) in [7, 11) is 1.30. The minimum absolute atomic E-state index is 0.00471. The van der Waals surface area contributed by atoms with E-state index in [-0.39, 0.29) is 16.9 Å². The lowest BCUT2D eigenvalue weighted by Crippen LogP contribution is -2.04. The van der Waals surface area contributed by atoms with Gasteiger partial charge in [-0.3, -0.25) is 0 Å². The average Bonchev–Trinajstić information content (AvgIpc) is 2.38. The zero-order chi connectivity index (χ0) is 14.0. The number of ether oxygens (including phenoxy) is 1. The normalized spacial score (nSPS) is 11.4. The van der Waals surface area contributed by atoms with Crippen LogP contribution in [0.25, 0.3) is 11.1 Å². The molecule has 0 spiro atoms. The van der Waals surface area contributed by atoms with E-state index >= 15 is 0 Å². The largest absolute Gasteiger partial charge is 0.494 e. The summed E-state index contributed by atoms with van der Waals surface area (Å²) >= 11 is 0. The molecule has 2 aromatic carbocycles. The van der Waals surface area contributed by atoms with Gasteiger partial charge in [0.15, 0.2) is 11.6 Å². The first-order valence-electron chi connectivity index (χ1n) is 5.43. The van der Waals surface area contributed by atoms with Crippen molar-refractivity contribution in [2.75, 3.05) is 7.11 Å². The van der Waals surface area contributed by atoms with Crippen LogP contribution in [0.5, 0.6) is 5.75 Å². The molecule has 0 bridgehead atoms. The van der Waals surface area contributed by atoms with Crippen molar-refractivity contribution < 1.29 is 22.3 Å². The summed E-state index contributed by atoms with van der Waals surface area (Å²) in [6, 6.07) is 8.88. The summed E-state index contributed by atoms with van der Waals surface area (Å²) < 4.78 is 56.6. The summed E-state index contributed by atoms with van der Waals surface area (Å²) in [6.45, 7) is 0. The lowest BCUT2D eigenvalue weighted by molar-refractivity contribution is -0.137. The highest BCUT2D eigenvalue weighted by Crippen LogP contribution is 2.34. The smallest absolute Gasteiger partial charge is 0.416 e. The molecule has 0 saturated heterocycles.